The van der Waals surface area contributed by atoms with E-state index in [4.69, 9.17) is 5.11 Å². The molecule has 2 rings (SSSR count). The molecule has 0 bridgehead atoms. The number of aromatic nitrogens is 2. The Kier molecular flexibility index (Phi) is 4.16. The fourth-order valence-electron chi connectivity index (χ4n) is 1.82. The number of hydrogen-bond acceptors (Lipinski definition) is 5. The summed E-state index contributed by atoms with van der Waals surface area (Å²) in [6.07, 6.45) is 2.85. The molecule has 1 aliphatic heterocycles. The minimum Gasteiger partial charge on any atom is -0.480 e. The number of urea groups is 1. The van der Waals surface area contributed by atoms with Crippen LogP contribution >= 0.6 is 0 Å². The van der Waals surface area contributed by atoms with Crippen molar-refractivity contribution in [1.29, 1.82) is 0 Å². The zero-order valence-corrected chi connectivity index (χ0v) is 10.8. The molecule has 1 aromatic heterocycles. The Balaban J connectivity index is 1.93. The van der Waals surface area contributed by atoms with Crippen LogP contribution in [0.1, 0.15) is 5.69 Å². The van der Waals surface area contributed by atoms with Crippen molar-refractivity contribution in [3.05, 3.63) is 18.2 Å². The zero-order valence-electron chi connectivity index (χ0n) is 10.8. The Bertz CT molecular complexity index is 554. The quantitative estimate of drug-likeness (QED) is 0.450. The highest BCUT2D eigenvalue weighted by Crippen LogP contribution is 2.01. The van der Waals surface area contributed by atoms with Crippen LogP contribution in [0, 0.1) is 0 Å². The van der Waals surface area contributed by atoms with E-state index in [9.17, 15) is 19.2 Å². The van der Waals surface area contributed by atoms with Gasteiger partial charge in [0.1, 0.15) is 12.6 Å². The van der Waals surface area contributed by atoms with E-state index in [-0.39, 0.29) is 13.0 Å². The topological polar surface area (TPSA) is 144 Å². The fourth-order valence-corrected chi connectivity index (χ4v) is 1.82. The molecule has 112 valence electrons. The van der Waals surface area contributed by atoms with Crippen molar-refractivity contribution in [3.63, 3.8) is 0 Å². The number of carbonyl (C=O) groups is 4. The molecule has 4 amide bonds. The van der Waals surface area contributed by atoms with Gasteiger partial charge >= 0.3 is 12.0 Å². The third-order valence-electron chi connectivity index (χ3n) is 2.85. The van der Waals surface area contributed by atoms with Crippen LogP contribution in [-0.2, 0) is 20.8 Å². The number of nitrogens with one attached hydrogen (secondary N) is 3. The Morgan fingerprint density at radius 3 is 2.76 bits per heavy atom. The van der Waals surface area contributed by atoms with Crippen LogP contribution in [0.2, 0.25) is 0 Å². The van der Waals surface area contributed by atoms with Gasteiger partial charge in [-0.15, -0.1) is 0 Å². The van der Waals surface area contributed by atoms with Crippen LogP contribution in [0.15, 0.2) is 12.5 Å². The molecule has 10 heteroatoms. The summed E-state index contributed by atoms with van der Waals surface area (Å²) in [6.45, 7) is -0.681. The summed E-state index contributed by atoms with van der Waals surface area (Å²) in [4.78, 5) is 52.7. The van der Waals surface area contributed by atoms with Gasteiger partial charge in [-0.05, 0) is 0 Å². The Hall–Kier alpha value is -2.91. The molecule has 1 aromatic rings. The number of imidazole rings is 1. The average Bonchev–Trinajstić information content (AvgIpc) is 3.03. The number of nitrogens with zero attached hydrogens (tertiary/aromatic N) is 2. The van der Waals surface area contributed by atoms with Gasteiger partial charge in [-0.1, -0.05) is 0 Å². The third kappa shape index (κ3) is 3.55. The SMILES string of the molecule is O=C(CN1C(=O)CNC1=O)N[C@H](Cc1cnc[nH]1)C(=O)O. The van der Waals surface area contributed by atoms with Gasteiger partial charge in [0.25, 0.3) is 5.91 Å². The molecule has 0 saturated carbocycles. The number of aliphatic carboxylic acids is 1. The van der Waals surface area contributed by atoms with E-state index >= 15 is 0 Å². The smallest absolute Gasteiger partial charge is 0.326 e. The first kappa shape index (κ1) is 14.5. The van der Waals surface area contributed by atoms with Crippen LogP contribution < -0.4 is 10.6 Å². The number of H-pyrrole nitrogens is 1. The normalized spacial score (nSPS) is 15.7. The third-order valence-corrected chi connectivity index (χ3v) is 2.85. The molecule has 4 N–H and O–H groups in total. The Labute approximate surface area is 118 Å². The molecule has 21 heavy (non-hydrogen) atoms. The van der Waals surface area contributed by atoms with Gasteiger partial charge in [0.05, 0.1) is 12.9 Å². The first-order valence-corrected chi connectivity index (χ1v) is 6.05. The maximum absolute atomic E-state index is 11.8. The van der Waals surface area contributed by atoms with E-state index in [1.165, 1.54) is 12.5 Å². The summed E-state index contributed by atoms with van der Waals surface area (Å²) in [7, 11) is 0. The minimum absolute atomic E-state index is 0.0151. The largest absolute Gasteiger partial charge is 0.480 e. The zero-order chi connectivity index (χ0) is 15.4. The van der Waals surface area contributed by atoms with Gasteiger partial charge in [-0.3, -0.25) is 14.5 Å². The number of hydrogen-bond donors (Lipinski definition) is 4. The number of aromatic amines is 1. The molecule has 0 unspecified atom stereocenters. The Morgan fingerprint density at radius 2 is 2.24 bits per heavy atom. The van der Waals surface area contributed by atoms with E-state index < -0.39 is 36.4 Å². The van der Waals surface area contributed by atoms with E-state index in [0.717, 1.165) is 4.90 Å². The fraction of sp³-hybridized carbons (Fsp3) is 0.364. The van der Waals surface area contributed by atoms with Crippen LogP contribution in [0.4, 0.5) is 4.79 Å². The van der Waals surface area contributed by atoms with Crippen molar-refractivity contribution in [3.8, 4) is 0 Å². The molecule has 0 aromatic carbocycles. The number of amides is 4. The van der Waals surface area contributed by atoms with Crippen LogP contribution in [0.3, 0.4) is 0 Å². The molecule has 10 nitrogen and oxygen atoms in total. The number of carboxylic acids is 1. The molecular formula is C11H13N5O5. The molecule has 1 fully saturated rings. The first-order valence-electron chi connectivity index (χ1n) is 6.05. The van der Waals surface area contributed by atoms with Gasteiger partial charge in [0.15, 0.2) is 0 Å². The lowest BCUT2D eigenvalue weighted by atomic mass is 10.1. The summed E-state index contributed by atoms with van der Waals surface area (Å²) in [6, 6.07) is -1.85. The second-order valence-electron chi connectivity index (χ2n) is 4.38. The number of rotatable bonds is 6. The summed E-state index contributed by atoms with van der Waals surface area (Å²) in [5.41, 5.74) is 0.540. The monoisotopic (exact) mass is 295 g/mol. The van der Waals surface area contributed by atoms with Crippen molar-refractivity contribution in [2.45, 2.75) is 12.5 Å². The van der Waals surface area contributed by atoms with Gasteiger partial charge in [-0.25, -0.2) is 14.6 Å². The van der Waals surface area contributed by atoms with Crippen molar-refractivity contribution in [2.75, 3.05) is 13.1 Å². The second-order valence-corrected chi connectivity index (χ2v) is 4.38. The highest BCUT2D eigenvalue weighted by atomic mass is 16.4. The summed E-state index contributed by atoms with van der Waals surface area (Å²) in [5, 5.41) is 13.6. The van der Waals surface area contributed by atoms with Crippen LogP contribution in [0.5, 0.6) is 0 Å². The number of imide groups is 1. The lowest BCUT2D eigenvalue weighted by Crippen LogP contribution is -2.48. The van der Waals surface area contributed by atoms with Crippen molar-refractivity contribution < 1.29 is 24.3 Å². The Morgan fingerprint density at radius 1 is 1.48 bits per heavy atom. The van der Waals surface area contributed by atoms with Crippen molar-refractivity contribution in [2.24, 2.45) is 0 Å². The molecule has 0 radical (unpaired) electrons. The van der Waals surface area contributed by atoms with Crippen LogP contribution in [0.25, 0.3) is 0 Å². The molecule has 0 spiro atoms. The van der Waals surface area contributed by atoms with Crippen molar-refractivity contribution in [1.82, 2.24) is 25.5 Å². The molecule has 2 heterocycles. The maximum Gasteiger partial charge on any atom is 0.326 e. The molecule has 1 aliphatic rings. The average molecular weight is 295 g/mol. The summed E-state index contributed by atoms with van der Waals surface area (Å²) >= 11 is 0. The van der Waals surface area contributed by atoms with E-state index in [1.54, 1.807) is 0 Å². The molecule has 1 atom stereocenters. The van der Waals surface area contributed by atoms with E-state index in [1.807, 2.05) is 0 Å². The van der Waals surface area contributed by atoms with Gasteiger partial charge in [-0.2, -0.15) is 0 Å². The minimum atomic E-state index is -1.23. The van der Waals surface area contributed by atoms with E-state index in [0.29, 0.717) is 5.69 Å². The number of carboxylic acid groups (broad SMARTS) is 1. The second kappa shape index (κ2) is 6.03. The lowest BCUT2D eigenvalue weighted by molar-refractivity contribution is -0.142. The van der Waals surface area contributed by atoms with Crippen molar-refractivity contribution >= 4 is 23.8 Å². The highest BCUT2D eigenvalue weighted by molar-refractivity contribution is 6.04. The highest BCUT2D eigenvalue weighted by Gasteiger charge is 2.31. The van der Waals surface area contributed by atoms with Crippen LogP contribution in [-0.4, -0.2) is 62.9 Å². The predicted molar refractivity (Wildman–Crippen MR) is 67.0 cm³/mol. The lowest BCUT2D eigenvalue weighted by Gasteiger charge is -2.16. The van der Waals surface area contributed by atoms with Gasteiger partial charge in [0, 0.05) is 18.3 Å². The van der Waals surface area contributed by atoms with Gasteiger partial charge < -0.3 is 20.7 Å². The first-order chi connectivity index (χ1) is 9.97. The summed E-state index contributed by atoms with van der Waals surface area (Å²) < 4.78 is 0. The maximum atomic E-state index is 11.8. The molecular weight excluding hydrogens is 282 g/mol. The predicted octanol–water partition coefficient (Wildman–Crippen LogP) is -1.93. The summed E-state index contributed by atoms with van der Waals surface area (Å²) in [5.74, 6) is -2.49. The van der Waals surface area contributed by atoms with E-state index in [2.05, 4.69) is 20.6 Å². The standard InChI is InChI=1S/C11H13N5O5/c17-8(4-16-9(18)3-13-11(16)21)15-7(10(19)20)1-6-2-12-5-14-6/h2,5,7H,1,3-4H2,(H,12,14)(H,13,21)(H,15,17)(H,19,20)/t7-/m1/s1. The van der Waals surface area contributed by atoms with Gasteiger partial charge in [0.2, 0.25) is 5.91 Å². The molecule has 1 saturated heterocycles. The molecule has 0 aliphatic carbocycles. The number of carbonyl (C=O) groups excluding carboxylic acids is 3.